The number of hydrogen-bond donors (Lipinski definition) is 1. The van der Waals surface area contributed by atoms with E-state index in [4.69, 9.17) is 14.4 Å². The molecule has 1 N–H and O–H groups in total. The fourth-order valence-corrected chi connectivity index (χ4v) is 2.12. The van der Waals surface area contributed by atoms with E-state index in [2.05, 4.69) is 5.16 Å². The molecule has 0 saturated heterocycles. The van der Waals surface area contributed by atoms with E-state index in [1.165, 1.54) is 0 Å². The Bertz CT molecular complexity index is 643. The van der Waals surface area contributed by atoms with Crippen molar-refractivity contribution in [2.45, 2.75) is 20.8 Å². The number of carbonyl (C=O) groups is 1. The summed E-state index contributed by atoms with van der Waals surface area (Å²) >= 11 is 0. The molecule has 2 rings (SSSR count). The number of rotatable bonds is 3. The van der Waals surface area contributed by atoms with Gasteiger partial charge < -0.3 is 14.4 Å². The second-order valence-corrected chi connectivity index (χ2v) is 4.33. The number of carboxylic acids is 1. The van der Waals surface area contributed by atoms with Gasteiger partial charge in [0.1, 0.15) is 11.5 Å². The fraction of sp³-hybridized carbons (Fsp3) is 0.286. The van der Waals surface area contributed by atoms with Gasteiger partial charge in [0.05, 0.1) is 12.7 Å². The van der Waals surface area contributed by atoms with Gasteiger partial charge >= 0.3 is 5.97 Å². The number of methoxy groups -OCH3 is 1. The molecule has 0 aliphatic carbocycles. The number of aromatic carboxylic acids is 1. The molecule has 0 aliphatic rings. The van der Waals surface area contributed by atoms with Gasteiger partial charge in [0.25, 0.3) is 0 Å². The first kappa shape index (κ1) is 13.1. The van der Waals surface area contributed by atoms with Crippen molar-refractivity contribution in [1.82, 2.24) is 5.16 Å². The third kappa shape index (κ3) is 2.07. The zero-order valence-electron chi connectivity index (χ0n) is 11.3. The average molecular weight is 261 g/mol. The smallest absolute Gasteiger partial charge is 0.358 e. The average Bonchev–Trinajstić information content (AvgIpc) is 2.75. The lowest BCUT2D eigenvalue weighted by Gasteiger charge is -2.12. The fourth-order valence-electron chi connectivity index (χ4n) is 2.12. The highest BCUT2D eigenvalue weighted by molar-refractivity contribution is 5.95. The van der Waals surface area contributed by atoms with Crippen molar-refractivity contribution in [2.75, 3.05) is 7.11 Å². The third-order valence-electron chi connectivity index (χ3n) is 3.29. The molecule has 5 nitrogen and oxygen atoms in total. The summed E-state index contributed by atoms with van der Waals surface area (Å²) in [4.78, 5) is 11.2. The molecule has 1 aromatic heterocycles. The van der Waals surface area contributed by atoms with E-state index in [-0.39, 0.29) is 5.69 Å². The number of carboxylic acid groups (broad SMARTS) is 1. The Morgan fingerprint density at radius 3 is 2.53 bits per heavy atom. The second kappa shape index (κ2) is 4.76. The summed E-state index contributed by atoms with van der Waals surface area (Å²) in [6.07, 6.45) is 0. The SMILES string of the molecule is COc1ccc(-c2c(C(=O)O)noc2C)c(C)c1C. The Morgan fingerprint density at radius 1 is 1.26 bits per heavy atom. The summed E-state index contributed by atoms with van der Waals surface area (Å²) in [7, 11) is 1.61. The molecule has 2 aromatic rings. The van der Waals surface area contributed by atoms with E-state index in [1.807, 2.05) is 26.0 Å². The molecule has 5 heteroatoms. The topological polar surface area (TPSA) is 72.6 Å². The maximum absolute atomic E-state index is 11.2. The molecule has 0 spiro atoms. The lowest BCUT2D eigenvalue weighted by molar-refractivity contribution is 0.0686. The normalized spacial score (nSPS) is 10.5. The monoisotopic (exact) mass is 261 g/mol. The number of hydrogen-bond acceptors (Lipinski definition) is 4. The van der Waals surface area contributed by atoms with E-state index in [1.54, 1.807) is 14.0 Å². The number of ether oxygens (including phenoxy) is 1. The van der Waals surface area contributed by atoms with Crippen LogP contribution in [0.1, 0.15) is 27.4 Å². The molecule has 1 heterocycles. The van der Waals surface area contributed by atoms with Crippen molar-refractivity contribution in [3.63, 3.8) is 0 Å². The first-order valence-corrected chi connectivity index (χ1v) is 5.81. The minimum atomic E-state index is -1.10. The second-order valence-electron chi connectivity index (χ2n) is 4.33. The van der Waals surface area contributed by atoms with Crippen LogP contribution in [0.3, 0.4) is 0 Å². The van der Waals surface area contributed by atoms with Crippen LogP contribution < -0.4 is 4.74 Å². The molecule has 0 aliphatic heterocycles. The Morgan fingerprint density at radius 2 is 1.95 bits per heavy atom. The Kier molecular flexibility index (Phi) is 3.29. The zero-order chi connectivity index (χ0) is 14.2. The van der Waals surface area contributed by atoms with E-state index in [9.17, 15) is 4.79 Å². The molecule has 1 aromatic carbocycles. The van der Waals surface area contributed by atoms with Crippen molar-refractivity contribution in [1.29, 1.82) is 0 Å². The van der Waals surface area contributed by atoms with Gasteiger partial charge in [0, 0.05) is 0 Å². The standard InChI is InChI=1S/C14H15NO4/c1-7-8(2)11(18-4)6-5-10(7)12-9(3)19-15-13(12)14(16)17/h5-6H,1-4H3,(H,16,17). The van der Waals surface area contributed by atoms with Crippen LogP contribution in [0.4, 0.5) is 0 Å². The highest BCUT2D eigenvalue weighted by Gasteiger charge is 2.22. The van der Waals surface area contributed by atoms with Crippen LogP contribution in [0.15, 0.2) is 16.7 Å². The van der Waals surface area contributed by atoms with Crippen LogP contribution in [0.25, 0.3) is 11.1 Å². The van der Waals surface area contributed by atoms with Crippen molar-refractivity contribution in [3.8, 4) is 16.9 Å². The van der Waals surface area contributed by atoms with Gasteiger partial charge in [-0.25, -0.2) is 4.79 Å². The molecular formula is C14H15NO4. The molecule has 0 amide bonds. The maximum atomic E-state index is 11.2. The summed E-state index contributed by atoms with van der Waals surface area (Å²) in [5.41, 5.74) is 3.18. The Balaban J connectivity index is 2.70. The van der Waals surface area contributed by atoms with Crippen LogP contribution in [0.2, 0.25) is 0 Å². The Hall–Kier alpha value is -2.30. The summed E-state index contributed by atoms with van der Waals surface area (Å²) in [6, 6.07) is 3.64. The van der Waals surface area contributed by atoms with Crippen LogP contribution >= 0.6 is 0 Å². The number of benzene rings is 1. The quantitative estimate of drug-likeness (QED) is 0.919. The molecule has 0 bridgehead atoms. The molecule has 0 unspecified atom stereocenters. The number of nitrogens with zero attached hydrogens (tertiary/aromatic N) is 1. The predicted molar refractivity (Wildman–Crippen MR) is 69.7 cm³/mol. The minimum absolute atomic E-state index is 0.0647. The van der Waals surface area contributed by atoms with Crippen LogP contribution in [-0.4, -0.2) is 23.3 Å². The first-order valence-electron chi connectivity index (χ1n) is 5.81. The van der Waals surface area contributed by atoms with Gasteiger partial charge in [-0.05, 0) is 43.5 Å². The summed E-state index contributed by atoms with van der Waals surface area (Å²) in [5.74, 6) is 0.164. The van der Waals surface area contributed by atoms with Gasteiger partial charge in [-0.2, -0.15) is 0 Å². The van der Waals surface area contributed by atoms with Crippen molar-refractivity contribution >= 4 is 5.97 Å². The van der Waals surface area contributed by atoms with Gasteiger partial charge in [-0.1, -0.05) is 11.2 Å². The lowest BCUT2D eigenvalue weighted by Crippen LogP contribution is -2.01. The largest absolute Gasteiger partial charge is 0.496 e. The van der Waals surface area contributed by atoms with Gasteiger partial charge in [-0.15, -0.1) is 0 Å². The van der Waals surface area contributed by atoms with Crippen molar-refractivity contribution in [3.05, 3.63) is 34.7 Å². The van der Waals surface area contributed by atoms with Crippen molar-refractivity contribution < 1.29 is 19.2 Å². The van der Waals surface area contributed by atoms with Crippen molar-refractivity contribution in [2.24, 2.45) is 0 Å². The maximum Gasteiger partial charge on any atom is 0.358 e. The van der Waals surface area contributed by atoms with E-state index < -0.39 is 5.97 Å². The predicted octanol–water partition coefficient (Wildman–Crippen LogP) is 2.97. The van der Waals surface area contributed by atoms with Crippen LogP contribution in [0, 0.1) is 20.8 Å². The molecular weight excluding hydrogens is 246 g/mol. The zero-order valence-corrected chi connectivity index (χ0v) is 11.3. The minimum Gasteiger partial charge on any atom is -0.496 e. The third-order valence-corrected chi connectivity index (χ3v) is 3.29. The summed E-state index contributed by atoms with van der Waals surface area (Å²) < 4.78 is 10.3. The van der Waals surface area contributed by atoms with E-state index in [0.717, 1.165) is 22.4 Å². The van der Waals surface area contributed by atoms with E-state index >= 15 is 0 Å². The van der Waals surface area contributed by atoms with Crippen LogP contribution in [0.5, 0.6) is 5.75 Å². The van der Waals surface area contributed by atoms with Crippen LogP contribution in [-0.2, 0) is 0 Å². The van der Waals surface area contributed by atoms with Gasteiger partial charge in [0.15, 0.2) is 5.69 Å². The molecule has 19 heavy (non-hydrogen) atoms. The van der Waals surface area contributed by atoms with Gasteiger partial charge in [-0.3, -0.25) is 0 Å². The molecule has 0 saturated carbocycles. The summed E-state index contributed by atoms with van der Waals surface area (Å²) in [5, 5.41) is 12.8. The van der Waals surface area contributed by atoms with Gasteiger partial charge in [0.2, 0.25) is 0 Å². The lowest BCUT2D eigenvalue weighted by atomic mass is 9.95. The molecule has 0 atom stereocenters. The highest BCUT2D eigenvalue weighted by atomic mass is 16.5. The van der Waals surface area contributed by atoms with E-state index in [0.29, 0.717) is 11.3 Å². The summed E-state index contributed by atoms with van der Waals surface area (Å²) in [6.45, 7) is 5.56. The molecule has 0 fully saturated rings. The molecule has 0 radical (unpaired) electrons. The first-order chi connectivity index (χ1) is 8.97. The Labute approximate surface area is 110 Å². The number of aromatic nitrogens is 1. The number of aryl methyl sites for hydroxylation is 1. The molecule has 100 valence electrons. The highest BCUT2D eigenvalue weighted by Crippen LogP contribution is 2.34.